The SMILES string of the molecule is CN1C(=O)N[C@@H](c2ccccc2)[C@@H](C(=O)c2cccs2)[C@]1(O)C(F)(F)F. The molecule has 2 aromatic rings. The van der Waals surface area contributed by atoms with Crippen molar-refractivity contribution in [1.29, 1.82) is 0 Å². The molecule has 1 aliphatic rings. The monoisotopic (exact) mass is 384 g/mol. The van der Waals surface area contributed by atoms with Crippen LogP contribution in [0.4, 0.5) is 18.0 Å². The van der Waals surface area contributed by atoms with Crippen molar-refractivity contribution in [2.75, 3.05) is 7.05 Å². The molecule has 0 spiro atoms. The van der Waals surface area contributed by atoms with Gasteiger partial charge >= 0.3 is 12.2 Å². The number of urea groups is 1. The highest BCUT2D eigenvalue weighted by Gasteiger charge is 2.69. The number of hydrogen-bond donors (Lipinski definition) is 2. The highest BCUT2D eigenvalue weighted by atomic mass is 32.1. The number of aliphatic hydroxyl groups is 1. The van der Waals surface area contributed by atoms with Crippen LogP contribution in [0.1, 0.15) is 21.3 Å². The molecule has 0 bridgehead atoms. The summed E-state index contributed by atoms with van der Waals surface area (Å²) in [7, 11) is 0.818. The molecule has 1 aliphatic heterocycles. The summed E-state index contributed by atoms with van der Waals surface area (Å²) in [6.07, 6.45) is -5.23. The van der Waals surface area contributed by atoms with Gasteiger partial charge in [0.25, 0.3) is 5.72 Å². The van der Waals surface area contributed by atoms with Gasteiger partial charge in [0.05, 0.1) is 10.9 Å². The predicted molar refractivity (Wildman–Crippen MR) is 88.6 cm³/mol. The summed E-state index contributed by atoms with van der Waals surface area (Å²) in [5.41, 5.74) is -3.34. The Morgan fingerprint density at radius 1 is 1.23 bits per heavy atom. The van der Waals surface area contributed by atoms with Gasteiger partial charge in [-0.1, -0.05) is 36.4 Å². The van der Waals surface area contributed by atoms with E-state index in [2.05, 4.69) is 5.32 Å². The first-order chi connectivity index (χ1) is 12.2. The number of amides is 2. The zero-order chi connectivity index (χ0) is 19.1. The molecule has 26 heavy (non-hydrogen) atoms. The van der Waals surface area contributed by atoms with Crippen molar-refractivity contribution in [2.24, 2.45) is 5.92 Å². The average molecular weight is 384 g/mol. The Morgan fingerprint density at radius 2 is 1.88 bits per heavy atom. The molecule has 0 radical (unpaired) electrons. The number of ketones is 1. The zero-order valence-corrected chi connectivity index (χ0v) is 14.3. The fourth-order valence-electron chi connectivity index (χ4n) is 3.12. The third-order valence-electron chi connectivity index (χ3n) is 4.48. The molecule has 1 fully saturated rings. The van der Waals surface area contributed by atoms with Crippen molar-refractivity contribution in [2.45, 2.75) is 17.9 Å². The lowest BCUT2D eigenvalue weighted by atomic mass is 9.78. The van der Waals surface area contributed by atoms with Gasteiger partial charge in [0.1, 0.15) is 5.92 Å². The topological polar surface area (TPSA) is 69.6 Å². The van der Waals surface area contributed by atoms with Gasteiger partial charge < -0.3 is 10.4 Å². The summed E-state index contributed by atoms with van der Waals surface area (Å²) in [6.45, 7) is 0. The van der Waals surface area contributed by atoms with E-state index in [-0.39, 0.29) is 9.78 Å². The maximum absolute atomic E-state index is 13.9. The lowest BCUT2D eigenvalue weighted by Gasteiger charge is -2.49. The molecule has 2 N–H and O–H groups in total. The Bertz CT molecular complexity index is 810. The molecule has 0 unspecified atom stereocenters. The zero-order valence-electron chi connectivity index (χ0n) is 13.5. The molecule has 3 rings (SSSR count). The number of carbonyl (C=O) groups is 2. The van der Waals surface area contributed by atoms with E-state index in [0.29, 0.717) is 5.56 Å². The van der Waals surface area contributed by atoms with Crippen LogP contribution in [0.3, 0.4) is 0 Å². The quantitative estimate of drug-likeness (QED) is 0.799. The van der Waals surface area contributed by atoms with E-state index in [1.54, 1.807) is 23.6 Å². The largest absolute Gasteiger partial charge is 0.437 e. The minimum Gasteiger partial charge on any atom is -0.363 e. The molecule has 0 aliphatic carbocycles. The first-order valence-corrected chi connectivity index (χ1v) is 8.52. The van der Waals surface area contributed by atoms with E-state index < -0.39 is 35.7 Å². The Morgan fingerprint density at radius 3 is 2.42 bits per heavy atom. The van der Waals surface area contributed by atoms with Crippen LogP contribution in [0.15, 0.2) is 47.8 Å². The van der Waals surface area contributed by atoms with Gasteiger partial charge in [-0.05, 0) is 17.0 Å². The highest BCUT2D eigenvalue weighted by Crippen LogP contribution is 2.47. The Hall–Kier alpha value is -2.39. The number of hydrogen-bond acceptors (Lipinski definition) is 4. The average Bonchev–Trinajstić information content (AvgIpc) is 3.13. The smallest absolute Gasteiger partial charge is 0.363 e. The van der Waals surface area contributed by atoms with Crippen LogP contribution in [0.5, 0.6) is 0 Å². The van der Waals surface area contributed by atoms with Crippen molar-refractivity contribution < 1.29 is 27.9 Å². The van der Waals surface area contributed by atoms with E-state index in [4.69, 9.17) is 0 Å². The number of halogens is 3. The van der Waals surface area contributed by atoms with Crippen LogP contribution >= 0.6 is 11.3 Å². The fourth-order valence-corrected chi connectivity index (χ4v) is 3.82. The third-order valence-corrected chi connectivity index (χ3v) is 5.37. The van der Waals surface area contributed by atoms with Crippen LogP contribution in [-0.2, 0) is 0 Å². The van der Waals surface area contributed by atoms with Gasteiger partial charge in [-0.2, -0.15) is 13.2 Å². The maximum Gasteiger partial charge on any atom is 0.437 e. The minimum atomic E-state index is -5.23. The molecule has 9 heteroatoms. The summed E-state index contributed by atoms with van der Waals surface area (Å²) in [4.78, 5) is 25.3. The number of Topliss-reactive ketones (excluding diaryl/α,β-unsaturated/α-hetero) is 1. The number of rotatable bonds is 3. The van der Waals surface area contributed by atoms with Gasteiger partial charge in [-0.25, -0.2) is 4.79 Å². The second-order valence-corrected chi connectivity index (χ2v) is 6.89. The minimum absolute atomic E-state index is 0.0724. The summed E-state index contributed by atoms with van der Waals surface area (Å²) in [6, 6.07) is 8.30. The second-order valence-electron chi connectivity index (χ2n) is 5.94. The van der Waals surface area contributed by atoms with E-state index in [9.17, 15) is 27.9 Å². The van der Waals surface area contributed by atoms with Crippen LogP contribution < -0.4 is 5.32 Å². The number of nitrogens with zero attached hydrogens (tertiary/aromatic N) is 1. The van der Waals surface area contributed by atoms with E-state index >= 15 is 0 Å². The molecule has 138 valence electrons. The van der Waals surface area contributed by atoms with Crippen LogP contribution in [0.25, 0.3) is 0 Å². The van der Waals surface area contributed by atoms with Gasteiger partial charge in [0.15, 0.2) is 5.78 Å². The summed E-state index contributed by atoms with van der Waals surface area (Å²) >= 11 is 0.976. The number of alkyl halides is 3. The van der Waals surface area contributed by atoms with Gasteiger partial charge in [0.2, 0.25) is 0 Å². The molecule has 1 aromatic heterocycles. The van der Waals surface area contributed by atoms with Crippen LogP contribution in [-0.4, -0.2) is 40.8 Å². The summed E-state index contributed by atoms with van der Waals surface area (Å²) < 4.78 is 41.6. The van der Waals surface area contributed by atoms with Crippen molar-refractivity contribution in [3.8, 4) is 0 Å². The first-order valence-electron chi connectivity index (χ1n) is 7.64. The second kappa shape index (κ2) is 6.40. The van der Waals surface area contributed by atoms with Crippen molar-refractivity contribution in [3.63, 3.8) is 0 Å². The molecular weight excluding hydrogens is 369 g/mol. The molecule has 1 aromatic carbocycles. The summed E-state index contributed by atoms with van der Waals surface area (Å²) in [5.74, 6) is -2.85. The van der Waals surface area contributed by atoms with Crippen molar-refractivity contribution in [3.05, 3.63) is 58.3 Å². The normalized spacial score (nSPS) is 26.5. The number of benzene rings is 1. The van der Waals surface area contributed by atoms with Gasteiger partial charge in [-0.15, -0.1) is 11.3 Å². The summed E-state index contributed by atoms with van der Waals surface area (Å²) in [5, 5.41) is 14.6. The molecule has 1 saturated heterocycles. The van der Waals surface area contributed by atoms with Crippen LogP contribution in [0, 0.1) is 5.92 Å². The predicted octanol–water partition coefficient (Wildman–Crippen LogP) is 3.19. The number of nitrogens with one attached hydrogen (secondary N) is 1. The fraction of sp³-hybridized carbons (Fsp3) is 0.294. The Labute approximate surface area is 151 Å². The first kappa shape index (κ1) is 18.4. The lowest BCUT2D eigenvalue weighted by molar-refractivity contribution is -0.322. The van der Waals surface area contributed by atoms with Gasteiger partial charge in [-0.3, -0.25) is 9.69 Å². The van der Waals surface area contributed by atoms with Crippen LogP contribution in [0.2, 0.25) is 0 Å². The third kappa shape index (κ3) is 2.77. The molecule has 5 nitrogen and oxygen atoms in total. The number of carbonyl (C=O) groups excluding carboxylic acids is 2. The molecule has 0 saturated carbocycles. The Balaban J connectivity index is 2.20. The highest BCUT2D eigenvalue weighted by molar-refractivity contribution is 7.12. The lowest BCUT2D eigenvalue weighted by Crippen LogP contribution is -2.72. The van der Waals surface area contributed by atoms with E-state index in [1.165, 1.54) is 24.3 Å². The van der Waals surface area contributed by atoms with Gasteiger partial charge in [0, 0.05) is 7.05 Å². The molecule has 3 atom stereocenters. The Kier molecular flexibility index (Phi) is 4.53. The molecule has 2 amide bonds. The maximum atomic E-state index is 13.9. The van der Waals surface area contributed by atoms with Crippen molar-refractivity contribution in [1.82, 2.24) is 10.2 Å². The van der Waals surface area contributed by atoms with E-state index in [1.807, 2.05) is 0 Å². The standard InChI is InChI=1S/C17H15F3N2O3S/c1-22-15(24)21-13(10-6-3-2-4-7-10)12(16(22,25)17(18,19)20)14(23)11-8-5-9-26-11/h2-9,12-13,25H,1H3,(H,21,24)/t12-,13-,16-/m0/s1. The van der Waals surface area contributed by atoms with E-state index in [0.717, 1.165) is 18.4 Å². The molecular formula is C17H15F3N2O3S. The van der Waals surface area contributed by atoms with Crippen molar-refractivity contribution >= 4 is 23.2 Å². The number of thiophene rings is 1. The molecule has 2 heterocycles.